The van der Waals surface area contributed by atoms with Crippen LogP contribution in [0.25, 0.3) is 0 Å². The van der Waals surface area contributed by atoms with E-state index in [-0.39, 0.29) is 5.02 Å². The Bertz CT molecular complexity index is 943. The van der Waals surface area contributed by atoms with Crippen molar-refractivity contribution >= 4 is 58.6 Å². The van der Waals surface area contributed by atoms with Gasteiger partial charge in [0.25, 0.3) is 5.91 Å². The zero-order valence-corrected chi connectivity index (χ0v) is 15.1. The highest BCUT2D eigenvalue weighted by molar-refractivity contribution is 6.36. The average Bonchev–Trinajstić information content (AvgIpc) is 2.56. The van der Waals surface area contributed by atoms with Crippen molar-refractivity contribution < 1.29 is 14.4 Å². The number of halogens is 2. The zero-order chi connectivity index (χ0) is 18.8. The number of barbiturate groups is 1. The third-order valence-corrected chi connectivity index (χ3v) is 4.27. The molecule has 0 aromatic heterocycles. The molecular formula is C18H13Cl2N3O3. The number of rotatable bonds is 3. The Balaban J connectivity index is 1.91. The van der Waals surface area contributed by atoms with Crippen LogP contribution in [0.1, 0.15) is 5.56 Å². The van der Waals surface area contributed by atoms with Gasteiger partial charge in [0.15, 0.2) is 5.92 Å². The van der Waals surface area contributed by atoms with Gasteiger partial charge < -0.3 is 0 Å². The molecule has 8 heteroatoms. The summed E-state index contributed by atoms with van der Waals surface area (Å²) in [6, 6.07) is 10.7. The van der Waals surface area contributed by atoms with Gasteiger partial charge in [-0.05, 0) is 42.8 Å². The molecule has 3 rings (SSSR count). The second-order valence-electron chi connectivity index (χ2n) is 5.66. The van der Waals surface area contributed by atoms with Crippen LogP contribution in [0.4, 0.5) is 16.2 Å². The van der Waals surface area contributed by atoms with E-state index in [2.05, 4.69) is 10.3 Å². The maximum atomic E-state index is 12.7. The maximum absolute atomic E-state index is 12.7. The summed E-state index contributed by atoms with van der Waals surface area (Å²) in [5.74, 6) is -2.67. The van der Waals surface area contributed by atoms with E-state index < -0.39 is 23.8 Å². The quantitative estimate of drug-likeness (QED) is 0.638. The van der Waals surface area contributed by atoms with Crippen LogP contribution in [0.5, 0.6) is 0 Å². The fraction of sp³-hybridized carbons (Fsp3) is 0.111. The molecule has 2 aromatic rings. The number of carbonyl (C=O) groups excluding carboxylic acids is 3. The lowest BCUT2D eigenvalue weighted by Crippen LogP contribution is -2.58. The Hall–Kier alpha value is -2.70. The fourth-order valence-corrected chi connectivity index (χ4v) is 2.93. The van der Waals surface area contributed by atoms with E-state index in [9.17, 15) is 14.4 Å². The lowest BCUT2D eigenvalue weighted by atomic mass is 10.1. The molecule has 132 valence electrons. The summed E-state index contributed by atoms with van der Waals surface area (Å²) in [5, 5.41) is 2.89. The molecule has 1 aliphatic rings. The van der Waals surface area contributed by atoms with E-state index in [0.29, 0.717) is 16.4 Å². The molecule has 0 saturated carbocycles. The molecule has 1 aliphatic heterocycles. The molecule has 0 radical (unpaired) electrons. The predicted molar refractivity (Wildman–Crippen MR) is 100 cm³/mol. The standard InChI is InChI=1S/C18H13Cl2N3O3/c1-10-3-2-4-12(7-10)23-17(25)13(16(24)22-18(23)26)9-21-15-6-5-11(19)8-14(15)20/h2-9,13H,1H3,(H,22,24,26)/t13-/m1/s1. The Labute approximate surface area is 159 Å². The largest absolute Gasteiger partial charge is 0.335 e. The van der Waals surface area contributed by atoms with Crippen LogP contribution in [0.15, 0.2) is 47.5 Å². The van der Waals surface area contributed by atoms with Gasteiger partial charge in [-0.1, -0.05) is 35.3 Å². The van der Waals surface area contributed by atoms with Crippen LogP contribution in [0.3, 0.4) is 0 Å². The molecular weight excluding hydrogens is 377 g/mol. The first-order valence-corrected chi connectivity index (χ1v) is 8.37. The van der Waals surface area contributed by atoms with Gasteiger partial charge in [0, 0.05) is 11.2 Å². The lowest BCUT2D eigenvalue weighted by molar-refractivity contribution is -0.131. The number of carbonyl (C=O) groups is 3. The third-order valence-electron chi connectivity index (χ3n) is 3.73. The van der Waals surface area contributed by atoms with Crippen LogP contribution in [0.2, 0.25) is 10.0 Å². The molecule has 0 bridgehead atoms. The molecule has 2 aromatic carbocycles. The second-order valence-corrected chi connectivity index (χ2v) is 6.50. The number of aryl methyl sites for hydroxylation is 1. The summed E-state index contributed by atoms with van der Waals surface area (Å²) in [6.07, 6.45) is 1.17. The van der Waals surface area contributed by atoms with Gasteiger partial charge in [-0.15, -0.1) is 0 Å². The Morgan fingerprint density at radius 3 is 2.58 bits per heavy atom. The van der Waals surface area contributed by atoms with E-state index in [0.717, 1.165) is 10.5 Å². The van der Waals surface area contributed by atoms with Gasteiger partial charge in [0.05, 0.1) is 16.4 Å². The van der Waals surface area contributed by atoms with E-state index in [1.54, 1.807) is 30.3 Å². The number of benzene rings is 2. The lowest BCUT2D eigenvalue weighted by Gasteiger charge is -2.28. The first-order valence-electron chi connectivity index (χ1n) is 7.61. The highest BCUT2D eigenvalue weighted by Gasteiger charge is 2.40. The summed E-state index contributed by atoms with van der Waals surface area (Å²) in [6.45, 7) is 1.84. The Morgan fingerprint density at radius 2 is 1.88 bits per heavy atom. The average molecular weight is 390 g/mol. The highest BCUT2D eigenvalue weighted by atomic mass is 35.5. The fourth-order valence-electron chi connectivity index (χ4n) is 2.47. The number of urea groups is 1. The first kappa shape index (κ1) is 18.1. The molecule has 1 atom stereocenters. The van der Waals surface area contributed by atoms with Crippen LogP contribution in [-0.2, 0) is 9.59 Å². The Morgan fingerprint density at radius 1 is 1.12 bits per heavy atom. The number of imide groups is 2. The molecule has 0 aliphatic carbocycles. The minimum absolute atomic E-state index is 0.282. The van der Waals surface area contributed by atoms with Gasteiger partial charge in [0.2, 0.25) is 5.91 Å². The molecule has 1 saturated heterocycles. The number of hydrogen-bond acceptors (Lipinski definition) is 4. The molecule has 4 amide bonds. The molecule has 0 spiro atoms. The van der Waals surface area contributed by atoms with Crippen molar-refractivity contribution in [1.29, 1.82) is 0 Å². The van der Waals surface area contributed by atoms with Crippen molar-refractivity contribution in [1.82, 2.24) is 5.32 Å². The highest BCUT2D eigenvalue weighted by Crippen LogP contribution is 2.28. The van der Waals surface area contributed by atoms with Crippen molar-refractivity contribution in [2.24, 2.45) is 10.9 Å². The van der Waals surface area contributed by atoms with Gasteiger partial charge in [0.1, 0.15) is 0 Å². The minimum Gasteiger partial charge on any atom is -0.276 e. The second kappa shape index (κ2) is 7.27. The van der Waals surface area contributed by atoms with Crippen molar-refractivity contribution in [2.45, 2.75) is 6.92 Å². The van der Waals surface area contributed by atoms with Crippen LogP contribution in [-0.4, -0.2) is 24.1 Å². The molecule has 0 unspecified atom stereocenters. The third kappa shape index (κ3) is 3.61. The monoisotopic (exact) mass is 389 g/mol. The first-order chi connectivity index (χ1) is 12.4. The SMILES string of the molecule is Cc1cccc(N2C(=O)NC(=O)[C@@H](C=Nc3ccc(Cl)cc3Cl)C2=O)c1. The number of anilines is 1. The topological polar surface area (TPSA) is 78.8 Å². The summed E-state index contributed by atoms with van der Waals surface area (Å²) in [4.78, 5) is 42.0. The number of aliphatic imine (C=N–C) groups is 1. The van der Waals surface area contributed by atoms with Gasteiger partial charge in [-0.2, -0.15) is 0 Å². The van der Waals surface area contributed by atoms with Crippen molar-refractivity contribution in [2.75, 3.05) is 4.90 Å². The number of nitrogens with zero attached hydrogens (tertiary/aromatic N) is 2. The Kier molecular flexibility index (Phi) is 5.06. The van der Waals surface area contributed by atoms with Crippen molar-refractivity contribution in [3.8, 4) is 0 Å². The number of nitrogens with one attached hydrogen (secondary N) is 1. The van der Waals surface area contributed by atoms with E-state index in [1.807, 2.05) is 13.0 Å². The van der Waals surface area contributed by atoms with E-state index >= 15 is 0 Å². The van der Waals surface area contributed by atoms with Crippen molar-refractivity contribution in [3.63, 3.8) is 0 Å². The van der Waals surface area contributed by atoms with Crippen LogP contribution >= 0.6 is 23.2 Å². The number of amides is 4. The molecule has 1 heterocycles. The summed E-state index contributed by atoms with van der Waals surface area (Å²) in [5.41, 5.74) is 1.61. The predicted octanol–water partition coefficient (Wildman–Crippen LogP) is 3.90. The molecule has 6 nitrogen and oxygen atoms in total. The molecule has 1 fully saturated rings. The van der Waals surface area contributed by atoms with E-state index in [4.69, 9.17) is 23.2 Å². The molecule has 26 heavy (non-hydrogen) atoms. The van der Waals surface area contributed by atoms with Gasteiger partial charge in [-0.25, -0.2) is 9.69 Å². The zero-order valence-electron chi connectivity index (χ0n) is 13.6. The van der Waals surface area contributed by atoms with Gasteiger partial charge >= 0.3 is 6.03 Å². The summed E-state index contributed by atoms with van der Waals surface area (Å²) < 4.78 is 0. The minimum atomic E-state index is -1.25. The maximum Gasteiger partial charge on any atom is 0.335 e. The molecule has 1 N–H and O–H groups in total. The normalized spacial score (nSPS) is 17.7. The number of hydrogen-bond donors (Lipinski definition) is 1. The van der Waals surface area contributed by atoms with Crippen LogP contribution in [0, 0.1) is 12.8 Å². The smallest absolute Gasteiger partial charge is 0.276 e. The van der Waals surface area contributed by atoms with E-state index in [1.165, 1.54) is 12.3 Å². The summed E-state index contributed by atoms with van der Waals surface area (Å²) >= 11 is 11.9. The summed E-state index contributed by atoms with van der Waals surface area (Å²) in [7, 11) is 0. The van der Waals surface area contributed by atoms with Crippen LogP contribution < -0.4 is 10.2 Å². The van der Waals surface area contributed by atoms with Crippen molar-refractivity contribution in [3.05, 3.63) is 58.1 Å². The van der Waals surface area contributed by atoms with Gasteiger partial charge in [-0.3, -0.25) is 19.9 Å².